The molecule has 0 radical (unpaired) electrons. The van der Waals surface area contributed by atoms with Crippen LogP contribution in [0.15, 0.2) is 48.5 Å². The van der Waals surface area contributed by atoms with Crippen LogP contribution in [-0.4, -0.2) is 0 Å². The summed E-state index contributed by atoms with van der Waals surface area (Å²) in [7, 11) is 0. The summed E-state index contributed by atoms with van der Waals surface area (Å²) in [5.74, 6) is 1.37. The number of hydrogen-bond donors (Lipinski definition) is 2. The van der Waals surface area contributed by atoms with Crippen LogP contribution in [-0.2, 0) is 0 Å². The molecule has 2 aromatic rings. The van der Waals surface area contributed by atoms with Gasteiger partial charge in [-0.25, -0.2) is 0 Å². The molecule has 2 unspecified atom stereocenters. The molecule has 0 fully saturated rings. The van der Waals surface area contributed by atoms with Crippen LogP contribution in [0.2, 0.25) is 0 Å². The number of anilines is 2. The first-order chi connectivity index (χ1) is 17.1. The highest BCUT2D eigenvalue weighted by Gasteiger charge is 2.14. The molecule has 0 saturated heterocycles. The third kappa shape index (κ3) is 12.5. The van der Waals surface area contributed by atoms with Gasteiger partial charge in [-0.3, -0.25) is 0 Å². The van der Waals surface area contributed by atoms with E-state index in [1.165, 1.54) is 120 Å². The molecular weight excluding hydrogens is 424 g/mol. The molecule has 2 rings (SSSR count). The lowest BCUT2D eigenvalue weighted by atomic mass is 9.86. The SMILES string of the molecule is CCCCCCCC(CCCCCC(CCCCCCC)c1ccc(N)cc1)c1ccc(N)cc1. The van der Waals surface area contributed by atoms with E-state index in [9.17, 15) is 0 Å². The van der Waals surface area contributed by atoms with Crippen molar-refractivity contribution in [2.75, 3.05) is 11.5 Å². The smallest absolute Gasteiger partial charge is 0.0314 e. The lowest BCUT2D eigenvalue weighted by molar-refractivity contribution is 0.466. The molecule has 4 N–H and O–H groups in total. The minimum atomic E-state index is 0.684. The quantitative estimate of drug-likeness (QED) is 0.147. The average molecular weight is 479 g/mol. The first-order valence-electron chi connectivity index (χ1n) is 14.8. The number of hydrogen-bond acceptors (Lipinski definition) is 2. The Morgan fingerprint density at radius 2 is 0.714 bits per heavy atom. The van der Waals surface area contributed by atoms with Gasteiger partial charge in [-0.1, -0.05) is 122 Å². The van der Waals surface area contributed by atoms with E-state index >= 15 is 0 Å². The standard InChI is InChI=1S/C33H54N2/c1-3-5-7-9-12-16-28(30-20-24-32(34)25-21-30)18-14-11-15-19-29(17-13-10-8-6-4-2)31-22-26-33(35)27-23-31/h20-29H,3-19,34-35H2,1-2H3. The minimum absolute atomic E-state index is 0.684. The zero-order valence-electron chi connectivity index (χ0n) is 22.9. The lowest BCUT2D eigenvalue weighted by Crippen LogP contribution is -2.02. The highest BCUT2D eigenvalue weighted by atomic mass is 14.5. The molecule has 0 saturated carbocycles. The second-order valence-corrected chi connectivity index (χ2v) is 10.8. The molecule has 196 valence electrons. The first-order valence-corrected chi connectivity index (χ1v) is 14.8. The molecule has 0 spiro atoms. The summed E-state index contributed by atoms with van der Waals surface area (Å²) in [5, 5.41) is 0. The van der Waals surface area contributed by atoms with E-state index in [2.05, 4.69) is 62.4 Å². The number of benzene rings is 2. The van der Waals surface area contributed by atoms with Crippen LogP contribution in [0.5, 0.6) is 0 Å². The summed E-state index contributed by atoms with van der Waals surface area (Å²) >= 11 is 0. The van der Waals surface area contributed by atoms with Crippen molar-refractivity contribution >= 4 is 11.4 Å². The third-order valence-corrected chi connectivity index (χ3v) is 7.73. The number of nitrogen functional groups attached to an aromatic ring is 2. The predicted octanol–water partition coefficient (Wildman–Crippen LogP) is 10.4. The zero-order valence-corrected chi connectivity index (χ0v) is 22.9. The first kappa shape index (κ1) is 29.3. The van der Waals surface area contributed by atoms with E-state index in [0.717, 1.165) is 11.4 Å². The summed E-state index contributed by atoms with van der Waals surface area (Å²) in [6.07, 6.45) is 22.9. The van der Waals surface area contributed by atoms with Crippen molar-refractivity contribution in [1.82, 2.24) is 0 Å². The van der Waals surface area contributed by atoms with Gasteiger partial charge in [-0.15, -0.1) is 0 Å². The van der Waals surface area contributed by atoms with Crippen LogP contribution in [0.25, 0.3) is 0 Å². The zero-order chi connectivity index (χ0) is 25.1. The molecule has 0 aliphatic carbocycles. The van der Waals surface area contributed by atoms with Gasteiger partial charge in [-0.2, -0.15) is 0 Å². The molecule has 0 bridgehead atoms. The Hall–Kier alpha value is -1.96. The van der Waals surface area contributed by atoms with Crippen molar-refractivity contribution in [3.05, 3.63) is 59.7 Å². The van der Waals surface area contributed by atoms with Crippen molar-refractivity contribution < 1.29 is 0 Å². The second-order valence-electron chi connectivity index (χ2n) is 10.8. The minimum Gasteiger partial charge on any atom is -0.399 e. The largest absolute Gasteiger partial charge is 0.399 e. The Bertz CT molecular complexity index is 684. The van der Waals surface area contributed by atoms with Gasteiger partial charge in [0.25, 0.3) is 0 Å². The van der Waals surface area contributed by atoms with Gasteiger partial charge in [0.15, 0.2) is 0 Å². The fraction of sp³-hybridized carbons (Fsp3) is 0.636. The average Bonchev–Trinajstić information content (AvgIpc) is 2.87. The summed E-state index contributed by atoms with van der Waals surface area (Å²) < 4.78 is 0. The molecule has 0 aliphatic heterocycles. The van der Waals surface area contributed by atoms with E-state index in [1.807, 2.05) is 0 Å². The summed E-state index contributed by atoms with van der Waals surface area (Å²) in [5.41, 5.74) is 16.6. The second kappa shape index (κ2) is 18.3. The maximum Gasteiger partial charge on any atom is 0.0314 e. The molecule has 2 aromatic carbocycles. The molecular formula is C33H54N2. The maximum absolute atomic E-state index is 5.96. The highest BCUT2D eigenvalue weighted by Crippen LogP contribution is 2.32. The number of unbranched alkanes of at least 4 members (excludes halogenated alkanes) is 10. The fourth-order valence-corrected chi connectivity index (χ4v) is 5.44. The molecule has 35 heavy (non-hydrogen) atoms. The van der Waals surface area contributed by atoms with E-state index in [1.54, 1.807) is 0 Å². The molecule has 0 heterocycles. The highest BCUT2D eigenvalue weighted by molar-refractivity contribution is 5.41. The Morgan fingerprint density at radius 3 is 1.03 bits per heavy atom. The molecule has 0 aromatic heterocycles. The molecule has 0 aliphatic rings. The van der Waals surface area contributed by atoms with Gasteiger partial charge in [0, 0.05) is 11.4 Å². The summed E-state index contributed by atoms with van der Waals surface area (Å²) in [6.45, 7) is 4.59. The summed E-state index contributed by atoms with van der Waals surface area (Å²) in [6, 6.07) is 17.4. The van der Waals surface area contributed by atoms with Crippen LogP contribution in [0.3, 0.4) is 0 Å². The number of rotatable bonds is 20. The normalized spacial score (nSPS) is 13.1. The Morgan fingerprint density at radius 1 is 0.429 bits per heavy atom. The van der Waals surface area contributed by atoms with Crippen LogP contribution >= 0.6 is 0 Å². The van der Waals surface area contributed by atoms with Gasteiger partial charge in [-0.05, 0) is 72.9 Å². The van der Waals surface area contributed by atoms with Gasteiger partial charge in [0.1, 0.15) is 0 Å². The van der Waals surface area contributed by atoms with Crippen LogP contribution in [0.4, 0.5) is 11.4 Å². The van der Waals surface area contributed by atoms with Crippen molar-refractivity contribution in [2.45, 2.75) is 135 Å². The molecule has 2 heteroatoms. The fourth-order valence-electron chi connectivity index (χ4n) is 5.44. The van der Waals surface area contributed by atoms with Gasteiger partial charge in [0.2, 0.25) is 0 Å². The van der Waals surface area contributed by atoms with E-state index in [0.29, 0.717) is 11.8 Å². The van der Waals surface area contributed by atoms with Crippen molar-refractivity contribution in [1.29, 1.82) is 0 Å². The molecule has 2 nitrogen and oxygen atoms in total. The Balaban J connectivity index is 1.81. The van der Waals surface area contributed by atoms with Gasteiger partial charge < -0.3 is 11.5 Å². The predicted molar refractivity (Wildman–Crippen MR) is 157 cm³/mol. The van der Waals surface area contributed by atoms with Crippen LogP contribution in [0.1, 0.15) is 146 Å². The van der Waals surface area contributed by atoms with Gasteiger partial charge >= 0.3 is 0 Å². The van der Waals surface area contributed by atoms with Crippen molar-refractivity contribution in [3.8, 4) is 0 Å². The summed E-state index contributed by atoms with van der Waals surface area (Å²) in [4.78, 5) is 0. The Labute approximate surface area is 217 Å². The van der Waals surface area contributed by atoms with E-state index in [-0.39, 0.29) is 0 Å². The van der Waals surface area contributed by atoms with Crippen LogP contribution in [0, 0.1) is 0 Å². The Kier molecular flexibility index (Phi) is 15.3. The van der Waals surface area contributed by atoms with Crippen molar-refractivity contribution in [3.63, 3.8) is 0 Å². The van der Waals surface area contributed by atoms with Gasteiger partial charge in [0.05, 0.1) is 0 Å². The van der Waals surface area contributed by atoms with Crippen molar-refractivity contribution in [2.24, 2.45) is 0 Å². The lowest BCUT2D eigenvalue weighted by Gasteiger charge is -2.20. The molecule has 2 atom stereocenters. The maximum atomic E-state index is 5.96. The third-order valence-electron chi connectivity index (χ3n) is 7.73. The molecule has 0 amide bonds. The number of nitrogens with two attached hydrogens (primary N) is 2. The van der Waals surface area contributed by atoms with Crippen LogP contribution < -0.4 is 11.5 Å². The topological polar surface area (TPSA) is 52.0 Å². The van der Waals surface area contributed by atoms with E-state index in [4.69, 9.17) is 11.5 Å². The monoisotopic (exact) mass is 478 g/mol. The van der Waals surface area contributed by atoms with E-state index < -0.39 is 0 Å².